The fourth-order valence-electron chi connectivity index (χ4n) is 2.99. The molecule has 0 saturated heterocycles. The SMILES string of the molecule is CO[C@H](C=O)Cc1ccc(NCc2ccc3cc(OS(C)(=O)=O)ccc3c2)cc1. The summed E-state index contributed by atoms with van der Waals surface area (Å²) >= 11 is 0. The molecule has 0 aliphatic rings. The molecule has 3 aromatic carbocycles. The van der Waals surface area contributed by atoms with E-state index in [1.807, 2.05) is 48.5 Å². The number of hydrogen-bond acceptors (Lipinski definition) is 6. The van der Waals surface area contributed by atoms with Gasteiger partial charge in [-0.25, -0.2) is 0 Å². The molecule has 3 rings (SSSR count). The van der Waals surface area contributed by atoms with E-state index in [2.05, 4.69) is 5.32 Å². The molecule has 1 atom stereocenters. The Bertz CT molecular complexity index is 1090. The van der Waals surface area contributed by atoms with Gasteiger partial charge in [0.25, 0.3) is 0 Å². The molecule has 0 radical (unpaired) electrons. The molecule has 152 valence electrons. The van der Waals surface area contributed by atoms with E-state index in [0.717, 1.165) is 40.1 Å². The molecule has 1 N–H and O–H groups in total. The third kappa shape index (κ3) is 6.04. The number of rotatable bonds is 9. The van der Waals surface area contributed by atoms with E-state index in [4.69, 9.17) is 8.92 Å². The van der Waals surface area contributed by atoms with Crippen molar-refractivity contribution in [2.24, 2.45) is 0 Å². The molecule has 0 aliphatic carbocycles. The van der Waals surface area contributed by atoms with Gasteiger partial charge in [0.2, 0.25) is 0 Å². The highest BCUT2D eigenvalue weighted by atomic mass is 32.2. The van der Waals surface area contributed by atoms with Gasteiger partial charge in [0.05, 0.1) is 6.26 Å². The van der Waals surface area contributed by atoms with E-state index in [1.165, 1.54) is 7.11 Å². The summed E-state index contributed by atoms with van der Waals surface area (Å²) in [6.45, 7) is 0.645. The van der Waals surface area contributed by atoms with Crippen LogP contribution in [0.3, 0.4) is 0 Å². The van der Waals surface area contributed by atoms with Crippen molar-refractivity contribution in [1.82, 2.24) is 0 Å². The van der Waals surface area contributed by atoms with Gasteiger partial charge in [-0.2, -0.15) is 8.42 Å². The molecule has 0 fully saturated rings. The number of nitrogens with one attached hydrogen (secondary N) is 1. The van der Waals surface area contributed by atoms with Gasteiger partial charge in [-0.15, -0.1) is 0 Å². The van der Waals surface area contributed by atoms with Crippen LogP contribution in [-0.2, 0) is 32.6 Å². The first-order valence-corrected chi connectivity index (χ1v) is 10.9. The highest BCUT2D eigenvalue weighted by molar-refractivity contribution is 7.86. The molecule has 0 saturated carbocycles. The van der Waals surface area contributed by atoms with Gasteiger partial charge in [-0.3, -0.25) is 0 Å². The van der Waals surface area contributed by atoms with Crippen LogP contribution in [-0.4, -0.2) is 34.2 Å². The Morgan fingerprint density at radius 1 is 0.966 bits per heavy atom. The van der Waals surface area contributed by atoms with Gasteiger partial charge >= 0.3 is 10.1 Å². The number of aldehydes is 1. The number of hydrogen-bond donors (Lipinski definition) is 1. The van der Waals surface area contributed by atoms with Crippen molar-refractivity contribution in [1.29, 1.82) is 0 Å². The highest BCUT2D eigenvalue weighted by Gasteiger charge is 2.07. The summed E-state index contributed by atoms with van der Waals surface area (Å²) < 4.78 is 32.5. The topological polar surface area (TPSA) is 81.7 Å². The summed E-state index contributed by atoms with van der Waals surface area (Å²) in [6, 6.07) is 19.1. The molecule has 0 aliphatic heterocycles. The largest absolute Gasteiger partial charge is 0.383 e. The number of fused-ring (bicyclic) bond motifs is 1. The lowest BCUT2D eigenvalue weighted by atomic mass is 10.1. The molecule has 0 heterocycles. The van der Waals surface area contributed by atoms with Crippen molar-refractivity contribution in [2.75, 3.05) is 18.7 Å². The predicted octanol–water partition coefficient (Wildman–Crippen LogP) is 3.55. The Kier molecular flexibility index (Phi) is 6.51. The predicted molar refractivity (Wildman–Crippen MR) is 114 cm³/mol. The van der Waals surface area contributed by atoms with E-state index < -0.39 is 16.2 Å². The van der Waals surface area contributed by atoms with Gasteiger partial charge in [-0.1, -0.05) is 30.3 Å². The maximum atomic E-state index is 11.3. The van der Waals surface area contributed by atoms with Crippen molar-refractivity contribution in [2.45, 2.75) is 19.1 Å². The zero-order valence-corrected chi connectivity index (χ0v) is 17.1. The Morgan fingerprint density at radius 2 is 1.62 bits per heavy atom. The van der Waals surface area contributed by atoms with Crippen LogP contribution in [0.5, 0.6) is 5.75 Å². The van der Waals surface area contributed by atoms with Gasteiger partial charge in [0.15, 0.2) is 0 Å². The van der Waals surface area contributed by atoms with Crippen LogP contribution in [0, 0.1) is 0 Å². The van der Waals surface area contributed by atoms with Crippen LogP contribution in [0.4, 0.5) is 5.69 Å². The summed E-state index contributed by atoms with van der Waals surface area (Å²) in [5.41, 5.74) is 3.11. The number of carbonyl (C=O) groups excluding carboxylic acids is 1. The van der Waals surface area contributed by atoms with E-state index in [-0.39, 0.29) is 0 Å². The highest BCUT2D eigenvalue weighted by Crippen LogP contribution is 2.23. The monoisotopic (exact) mass is 413 g/mol. The van der Waals surface area contributed by atoms with Crippen LogP contribution >= 0.6 is 0 Å². The summed E-state index contributed by atoms with van der Waals surface area (Å²) in [7, 11) is -2.01. The number of carbonyl (C=O) groups is 1. The van der Waals surface area contributed by atoms with E-state index >= 15 is 0 Å². The molecule has 0 unspecified atom stereocenters. The smallest absolute Gasteiger partial charge is 0.306 e. The molecule has 29 heavy (non-hydrogen) atoms. The van der Waals surface area contributed by atoms with Crippen LogP contribution < -0.4 is 9.50 Å². The van der Waals surface area contributed by atoms with Crippen molar-refractivity contribution in [3.63, 3.8) is 0 Å². The standard InChI is InChI=1S/C22H23NO5S/c1-27-22(15-24)12-16-4-8-20(9-5-16)23-14-17-3-6-19-13-21(28-29(2,25)26)10-7-18(19)11-17/h3-11,13,15,22-23H,12,14H2,1-2H3/t22-/m0/s1. The van der Waals surface area contributed by atoms with Crippen molar-refractivity contribution in [3.05, 3.63) is 71.8 Å². The van der Waals surface area contributed by atoms with Gasteiger partial charge in [-0.05, 0) is 52.2 Å². The average Bonchev–Trinajstić information content (AvgIpc) is 2.70. The first-order valence-electron chi connectivity index (χ1n) is 9.09. The molecular weight excluding hydrogens is 390 g/mol. The molecule has 3 aromatic rings. The first kappa shape index (κ1) is 20.8. The Balaban J connectivity index is 1.64. The maximum absolute atomic E-state index is 11.3. The van der Waals surface area contributed by atoms with Crippen molar-refractivity contribution < 1.29 is 22.1 Å². The van der Waals surface area contributed by atoms with Crippen molar-refractivity contribution in [3.8, 4) is 5.75 Å². The van der Waals surface area contributed by atoms with Crippen LogP contribution in [0.2, 0.25) is 0 Å². The fourth-order valence-corrected chi connectivity index (χ4v) is 3.45. The van der Waals surface area contributed by atoms with E-state index in [1.54, 1.807) is 12.1 Å². The summed E-state index contributed by atoms with van der Waals surface area (Å²) in [4.78, 5) is 10.9. The average molecular weight is 413 g/mol. The zero-order chi connectivity index (χ0) is 20.9. The Hall–Kier alpha value is -2.90. The second kappa shape index (κ2) is 9.07. The van der Waals surface area contributed by atoms with E-state index in [0.29, 0.717) is 18.7 Å². The summed E-state index contributed by atoms with van der Waals surface area (Å²) in [6.07, 6.45) is 1.96. The first-order chi connectivity index (χ1) is 13.9. The van der Waals surface area contributed by atoms with Crippen LogP contribution in [0.1, 0.15) is 11.1 Å². The molecule has 0 spiro atoms. The molecular formula is C22H23NO5S. The summed E-state index contributed by atoms with van der Waals surface area (Å²) in [5, 5.41) is 5.28. The number of anilines is 1. The molecule has 7 heteroatoms. The Morgan fingerprint density at radius 3 is 2.28 bits per heavy atom. The van der Waals surface area contributed by atoms with Gasteiger partial charge < -0.3 is 19.0 Å². The normalized spacial score (nSPS) is 12.5. The fraction of sp³-hybridized carbons (Fsp3) is 0.227. The lowest BCUT2D eigenvalue weighted by molar-refractivity contribution is -0.116. The van der Waals surface area contributed by atoms with Crippen LogP contribution in [0.25, 0.3) is 10.8 Å². The minimum atomic E-state index is -3.54. The maximum Gasteiger partial charge on any atom is 0.306 e. The lowest BCUT2D eigenvalue weighted by Crippen LogP contribution is -2.15. The van der Waals surface area contributed by atoms with E-state index in [9.17, 15) is 13.2 Å². The third-order valence-corrected chi connectivity index (χ3v) is 4.96. The minimum Gasteiger partial charge on any atom is -0.383 e. The third-order valence-electron chi connectivity index (χ3n) is 4.47. The lowest BCUT2D eigenvalue weighted by Gasteiger charge is -2.11. The van der Waals surface area contributed by atoms with Crippen molar-refractivity contribution >= 4 is 32.9 Å². The summed E-state index contributed by atoms with van der Waals surface area (Å²) in [5.74, 6) is 0.302. The molecule has 6 nitrogen and oxygen atoms in total. The molecule has 0 bridgehead atoms. The zero-order valence-electron chi connectivity index (χ0n) is 16.3. The minimum absolute atomic E-state index is 0.302. The Labute approximate surface area is 170 Å². The number of methoxy groups -OCH3 is 1. The molecule has 0 aromatic heterocycles. The van der Waals surface area contributed by atoms with Gasteiger partial charge in [0.1, 0.15) is 18.1 Å². The van der Waals surface area contributed by atoms with Crippen LogP contribution in [0.15, 0.2) is 60.7 Å². The second-order valence-corrected chi connectivity index (χ2v) is 8.37. The quantitative estimate of drug-likeness (QED) is 0.427. The molecule has 0 amide bonds. The second-order valence-electron chi connectivity index (χ2n) is 6.80. The number of ether oxygens (including phenoxy) is 1. The number of benzene rings is 3. The van der Waals surface area contributed by atoms with Gasteiger partial charge in [0, 0.05) is 25.8 Å².